The van der Waals surface area contributed by atoms with Crippen LogP contribution in [-0.4, -0.2) is 42.4 Å². The van der Waals surface area contributed by atoms with Gasteiger partial charge in [0.15, 0.2) is 11.5 Å². The van der Waals surface area contributed by atoms with Gasteiger partial charge in [-0.05, 0) is 12.1 Å². The average molecular weight is 384 g/mol. The summed E-state index contributed by atoms with van der Waals surface area (Å²) in [6, 6.07) is 6.92. The Balaban J connectivity index is 1.63. The molecule has 2 aromatic heterocycles. The molecule has 0 atom stereocenters. The minimum Gasteiger partial charge on any atom is -0.493 e. The Kier molecular flexibility index (Phi) is 6.05. The Morgan fingerprint density at radius 1 is 1.11 bits per heavy atom. The number of aryl methyl sites for hydroxylation is 1. The summed E-state index contributed by atoms with van der Waals surface area (Å²) in [6.45, 7) is 0. The number of carbonyl (C=O) groups excluding carboxylic acids is 1. The van der Waals surface area contributed by atoms with Crippen LogP contribution in [-0.2, 0) is 11.2 Å². The van der Waals surface area contributed by atoms with E-state index < -0.39 is 0 Å². The number of aromatic nitrogens is 3. The highest BCUT2D eigenvalue weighted by atomic mass is 16.5. The van der Waals surface area contributed by atoms with Crippen molar-refractivity contribution < 1.29 is 23.4 Å². The molecule has 0 aliphatic carbocycles. The standard InChI is InChI=1S/C19H20N4O5/c1-25-14-9-13(10-15(26-2)18(14)27-3)21-16(24)6-7-17-22-23-19(28-17)12-5-4-8-20-11-12/h4-5,8-11H,6-7H2,1-3H3,(H,21,24). The summed E-state index contributed by atoms with van der Waals surface area (Å²) in [5.74, 6) is 1.89. The van der Waals surface area contributed by atoms with E-state index in [0.717, 1.165) is 5.56 Å². The number of rotatable bonds is 8. The second-order valence-electron chi connectivity index (χ2n) is 5.70. The molecular formula is C19H20N4O5. The molecule has 0 fully saturated rings. The fourth-order valence-electron chi connectivity index (χ4n) is 2.56. The number of benzene rings is 1. The molecule has 0 spiro atoms. The van der Waals surface area contributed by atoms with E-state index in [2.05, 4.69) is 20.5 Å². The maximum Gasteiger partial charge on any atom is 0.249 e. The summed E-state index contributed by atoms with van der Waals surface area (Å²) >= 11 is 0. The minimum absolute atomic E-state index is 0.172. The molecule has 1 amide bonds. The van der Waals surface area contributed by atoms with Crippen LogP contribution in [0.1, 0.15) is 12.3 Å². The number of anilines is 1. The molecule has 0 bridgehead atoms. The third kappa shape index (κ3) is 4.37. The van der Waals surface area contributed by atoms with Crippen LogP contribution in [0.4, 0.5) is 5.69 Å². The molecule has 0 unspecified atom stereocenters. The van der Waals surface area contributed by atoms with Gasteiger partial charge < -0.3 is 23.9 Å². The van der Waals surface area contributed by atoms with Crippen LogP contribution >= 0.6 is 0 Å². The molecule has 0 aliphatic rings. The van der Waals surface area contributed by atoms with Crippen molar-refractivity contribution in [1.82, 2.24) is 15.2 Å². The molecule has 146 valence electrons. The number of nitrogens with one attached hydrogen (secondary N) is 1. The smallest absolute Gasteiger partial charge is 0.249 e. The molecule has 1 aromatic carbocycles. The van der Waals surface area contributed by atoms with Crippen molar-refractivity contribution in [2.45, 2.75) is 12.8 Å². The predicted octanol–water partition coefficient (Wildman–Crippen LogP) is 2.73. The Hall–Kier alpha value is -3.62. The van der Waals surface area contributed by atoms with Crippen molar-refractivity contribution in [3.8, 4) is 28.7 Å². The van der Waals surface area contributed by atoms with Gasteiger partial charge in [-0.2, -0.15) is 0 Å². The van der Waals surface area contributed by atoms with Crippen molar-refractivity contribution >= 4 is 11.6 Å². The highest BCUT2D eigenvalue weighted by molar-refractivity contribution is 5.91. The summed E-state index contributed by atoms with van der Waals surface area (Å²) in [5.41, 5.74) is 1.25. The Bertz CT molecular complexity index is 918. The summed E-state index contributed by atoms with van der Waals surface area (Å²) in [6.07, 6.45) is 3.78. The van der Waals surface area contributed by atoms with Gasteiger partial charge in [0, 0.05) is 43.1 Å². The van der Waals surface area contributed by atoms with Crippen LogP contribution in [0.15, 0.2) is 41.1 Å². The van der Waals surface area contributed by atoms with Gasteiger partial charge in [-0.3, -0.25) is 9.78 Å². The van der Waals surface area contributed by atoms with Gasteiger partial charge >= 0.3 is 0 Å². The first-order valence-corrected chi connectivity index (χ1v) is 8.47. The molecule has 28 heavy (non-hydrogen) atoms. The number of methoxy groups -OCH3 is 3. The van der Waals surface area contributed by atoms with Gasteiger partial charge in [0.2, 0.25) is 23.4 Å². The topological polar surface area (TPSA) is 109 Å². The zero-order valence-electron chi connectivity index (χ0n) is 15.8. The van der Waals surface area contributed by atoms with E-state index in [9.17, 15) is 4.79 Å². The molecule has 0 radical (unpaired) electrons. The lowest BCUT2D eigenvalue weighted by Gasteiger charge is -2.14. The van der Waals surface area contributed by atoms with Gasteiger partial charge in [0.25, 0.3) is 0 Å². The van der Waals surface area contributed by atoms with Gasteiger partial charge in [-0.25, -0.2) is 0 Å². The maximum atomic E-state index is 12.3. The summed E-state index contributed by atoms with van der Waals surface area (Å²) < 4.78 is 21.4. The Labute approximate surface area is 161 Å². The number of hydrogen-bond donors (Lipinski definition) is 1. The predicted molar refractivity (Wildman–Crippen MR) is 101 cm³/mol. The normalized spacial score (nSPS) is 10.4. The van der Waals surface area contributed by atoms with Crippen molar-refractivity contribution in [3.05, 3.63) is 42.5 Å². The van der Waals surface area contributed by atoms with E-state index in [1.165, 1.54) is 21.3 Å². The molecule has 9 nitrogen and oxygen atoms in total. The first-order valence-electron chi connectivity index (χ1n) is 8.47. The lowest BCUT2D eigenvalue weighted by molar-refractivity contribution is -0.116. The summed E-state index contributed by atoms with van der Waals surface area (Å²) in [4.78, 5) is 16.3. The van der Waals surface area contributed by atoms with Crippen molar-refractivity contribution in [2.24, 2.45) is 0 Å². The number of hydrogen-bond acceptors (Lipinski definition) is 8. The molecule has 2 heterocycles. The number of amides is 1. The van der Waals surface area contributed by atoms with Crippen LogP contribution in [0.2, 0.25) is 0 Å². The monoisotopic (exact) mass is 384 g/mol. The third-order valence-electron chi connectivity index (χ3n) is 3.89. The van der Waals surface area contributed by atoms with Gasteiger partial charge in [0.05, 0.1) is 26.9 Å². The summed E-state index contributed by atoms with van der Waals surface area (Å²) in [5, 5.41) is 10.7. The van der Waals surface area contributed by atoms with Crippen LogP contribution < -0.4 is 19.5 Å². The molecule has 3 aromatic rings. The zero-order chi connectivity index (χ0) is 19.9. The lowest BCUT2D eigenvalue weighted by Crippen LogP contribution is -2.12. The van der Waals surface area contributed by atoms with Gasteiger partial charge in [-0.15, -0.1) is 10.2 Å². The Morgan fingerprint density at radius 2 is 1.86 bits per heavy atom. The second-order valence-corrected chi connectivity index (χ2v) is 5.70. The quantitative estimate of drug-likeness (QED) is 0.631. The van der Waals surface area contributed by atoms with E-state index in [0.29, 0.717) is 41.1 Å². The third-order valence-corrected chi connectivity index (χ3v) is 3.89. The average Bonchev–Trinajstić information content (AvgIpc) is 3.21. The second kappa shape index (κ2) is 8.85. The van der Waals surface area contributed by atoms with E-state index in [1.54, 1.807) is 30.6 Å². The molecule has 1 N–H and O–H groups in total. The van der Waals surface area contributed by atoms with E-state index in [1.807, 2.05) is 6.07 Å². The van der Waals surface area contributed by atoms with Crippen LogP contribution in [0.5, 0.6) is 17.2 Å². The minimum atomic E-state index is -0.213. The number of nitrogens with zero attached hydrogens (tertiary/aromatic N) is 3. The van der Waals surface area contributed by atoms with E-state index >= 15 is 0 Å². The lowest BCUT2D eigenvalue weighted by atomic mass is 10.2. The first-order chi connectivity index (χ1) is 13.6. The van der Waals surface area contributed by atoms with Crippen molar-refractivity contribution in [2.75, 3.05) is 26.6 Å². The maximum absolute atomic E-state index is 12.3. The fourth-order valence-corrected chi connectivity index (χ4v) is 2.56. The molecule has 3 rings (SSSR count). The van der Waals surface area contributed by atoms with Crippen molar-refractivity contribution in [3.63, 3.8) is 0 Å². The first kappa shape index (κ1) is 19.2. The number of carbonyl (C=O) groups is 1. The summed E-state index contributed by atoms with van der Waals surface area (Å²) in [7, 11) is 4.54. The number of ether oxygens (including phenoxy) is 3. The highest BCUT2D eigenvalue weighted by Crippen LogP contribution is 2.39. The number of pyridine rings is 1. The molecular weight excluding hydrogens is 364 g/mol. The van der Waals surface area contributed by atoms with E-state index in [4.69, 9.17) is 18.6 Å². The molecule has 0 aliphatic heterocycles. The van der Waals surface area contributed by atoms with Crippen LogP contribution in [0, 0.1) is 0 Å². The van der Waals surface area contributed by atoms with E-state index in [-0.39, 0.29) is 12.3 Å². The highest BCUT2D eigenvalue weighted by Gasteiger charge is 2.15. The van der Waals surface area contributed by atoms with Gasteiger partial charge in [0.1, 0.15) is 0 Å². The van der Waals surface area contributed by atoms with Crippen LogP contribution in [0.3, 0.4) is 0 Å². The fraction of sp³-hybridized carbons (Fsp3) is 0.263. The SMILES string of the molecule is COc1cc(NC(=O)CCc2nnc(-c3cccnc3)o2)cc(OC)c1OC. The Morgan fingerprint density at radius 3 is 2.46 bits per heavy atom. The molecule has 0 saturated heterocycles. The van der Waals surface area contributed by atoms with Gasteiger partial charge in [-0.1, -0.05) is 0 Å². The van der Waals surface area contributed by atoms with Crippen LogP contribution in [0.25, 0.3) is 11.5 Å². The molecule has 9 heteroatoms. The van der Waals surface area contributed by atoms with Crippen molar-refractivity contribution in [1.29, 1.82) is 0 Å². The molecule has 0 saturated carbocycles. The zero-order valence-corrected chi connectivity index (χ0v) is 15.8. The largest absolute Gasteiger partial charge is 0.493 e.